The number of hydrogen-bond acceptors (Lipinski definition) is 2. The molecule has 3 rings (SSSR count). The molecule has 20 heavy (non-hydrogen) atoms. The van der Waals surface area contributed by atoms with Crippen LogP contribution in [0.5, 0.6) is 0 Å². The normalized spacial score (nSPS) is 29.3. The molecule has 1 aliphatic carbocycles. The van der Waals surface area contributed by atoms with E-state index in [9.17, 15) is 9.90 Å². The van der Waals surface area contributed by atoms with Gasteiger partial charge < -0.3 is 10.0 Å². The van der Waals surface area contributed by atoms with Crippen LogP contribution in [0.25, 0.3) is 0 Å². The van der Waals surface area contributed by atoms with E-state index in [1.807, 2.05) is 11.0 Å². The second-order valence-corrected chi connectivity index (χ2v) is 6.19. The largest absolute Gasteiger partial charge is 0.394 e. The van der Waals surface area contributed by atoms with Crippen LogP contribution in [0.1, 0.15) is 43.2 Å². The Morgan fingerprint density at radius 1 is 1.35 bits per heavy atom. The summed E-state index contributed by atoms with van der Waals surface area (Å²) in [5.41, 5.74) is 2.53. The predicted octanol–water partition coefficient (Wildman–Crippen LogP) is 2.34. The van der Waals surface area contributed by atoms with Crippen LogP contribution in [0.15, 0.2) is 24.3 Å². The number of amides is 1. The maximum Gasteiger partial charge on any atom is 0.230 e. The van der Waals surface area contributed by atoms with Crippen LogP contribution in [-0.2, 0) is 11.2 Å². The SMILES string of the molecule is CC1CCN(C(=O)C2CCCc3ccccc32)C1CO. The van der Waals surface area contributed by atoms with Crippen LogP contribution < -0.4 is 0 Å². The van der Waals surface area contributed by atoms with Crippen molar-refractivity contribution < 1.29 is 9.90 Å². The number of aliphatic hydroxyl groups is 1. The Balaban J connectivity index is 1.85. The molecular weight excluding hydrogens is 250 g/mol. The monoisotopic (exact) mass is 273 g/mol. The van der Waals surface area contributed by atoms with Crippen molar-refractivity contribution in [3.63, 3.8) is 0 Å². The van der Waals surface area contributed by atoms with Crippen LogP contribution in [0.2, 0.25) is 0 Å². The molecule has 2 aliphatic rings. The molecule has 1 fully saturated rings. The topological polar surface area (TPSA) is 40.5 Å². The summed E-state index contributed by atoms with van der Waals surface area (Å²) in [5, 5.41) is 9.56. The van der Waals surface area contributed by atoms with Crippen molar-refractivity contribution in [2.75, 3.05) is 13.2 Å². The van der Waals surface area contributed by atoms with Gasteiger partial charge in [-0.1, -0.05) is 31.2 Å². The molecule has 3 unspecified atom stereocenters. The summed E-state index contributed by atoms with van der Waals surface area (Å²) < 4.78 is 0. The number of rotatable bonds is 2. The summed E-state index contributed by atoms with van der Waals surface area (Å²) >= 11 is 0. The molecule has 3 nitrogen and oxygen atoms in total. The quantitative estimate of drug-likeness (QED) is 0.898. The highest BCUT2D eigenvalue weighted by Crippen LogP contribution is 2.35. The van der Waals surface area contributed by atoms with Crippen molar-refractivity contribution in [2.24, 2.45) is 5.92 Å². The first-order valence-electron chi connectivity index (χ1n) is 7.71. The van der Waals surface area contributed by atoms with Gasteiger partial charge in [-0.05, 0) is 42.7 Å². The number of nitrogens with zero attached hydrogens (tertiary/aromatic N) is 1. The van der Waals surface area contributed by atoms with Crippen molar-refractivity contribution in [3.8, 4) is 0 Å². The molecule has 0 bridgehead atoms. The molecule has 108 valence electrons. The average Bonchev–Trinajstić information content (AvgIpc) is 2.86. The predicted molar refractivity (Wildman–Crippen MR) is 78.5 cm³/mol. The number of fused-ring (bicyclic) bond motifs is 1. The number of hydrogen-bond donors (Lipinski definition) is 1. The van der Waals surface area contributed by atoms with Crippen molar-refractivity contribution in [2.45, 2.75) is 44.6 Å². The van der Waals surface area contributed by atoms with Gasteiger partial charge in [0.25, 0.3) is 0 Å². The molecule has 1 aromatic rings. The Kier molecular flexibility index (Phi) is 3.79. The lowest BCUT2D eigenvalue weighted by Crippen LogP contribution is -2.43. The van der Waals surface area contributed by atoms with E-state index in [-0.39, 0.29) is 24.5 Å². The van der Waals surface area contributed by atoms with E-state index in [2.05, 4.69) is 25.1 Å². The van der Waals surface area contributed by atoms with E-state index >= 15 is 0 Å². The summed E-state index contributed by atoms with van der Waals surface area (Å²) in [5.74, 6) is 0.627. The first-order chi connectivity index (χ1) is 9.72. The maximum absolute atomic E-state index is 12.9. The highest BCUT2D eigenvalue weighted by molar-refractivity contribution is 5.85. The number of aryl methyl sites for hydroxylation is 1. The molecule has 0 saturated carbocycles. The second-order valence-electron chi connectivity index (χ2n) is 6.19. The standard InChI is InChI=1S/C17H23NO2/c1-12-9-10-18(16(12)11-19)17(20)15-8-4-6-13-5-2-3-7-14(13)15/h2-3,5,7,12,15-16,19H,4,6,8-11H2,1H3. The van der Waals surface area contributed by atoms with E-state index in [1.54, 1.807) is 0 Å². The van der Waals surface area contributed by atoms with Crippen molar-refractivity contribution >= 4 is 5.91 Å². The summed E-state index contributed by atoms with van der Waals surface area (Å²) in [6.07, 6.45) is 4.12. The zero-order valence-electron chi connectivity index (χ0n) is 12.1. The third-order valence-electron chi connectivity index (χ3n) is 5.02. The number of likely N-dealkylation sites (tertiary alicyclic amines) is 1. The molecule has 1 aliphatic heterocycles. The van der Waals surface area contributed by atoms with E-state index in [1.165, 1.54) is 11.1 Å². The first kappa shape index (κ1) is 13.6. The summed E-state index contributed by atoms with van der Waals surface area (Å²) in [6.45, 7) is 3.01. The minimum absolute atomic E-state index is 0.000648. The molecule has 3 heteroatoms. The van der Waals surface area contributed by atoms with Crippen molar-refractivity contribution in [1.82, 2.24) is 4.90 Å². The van der Waals surface area contributed by atoms with Gasteiger partial charge in [0.15, 0.2) is 0 Å². The third-order valence-corrected chi connectivity index (χ3v) is 5.02. The fourth-order valence-corrected chi connectivity index (χ4v) is 3.77. The van der Waals surface area contributed by atoms with Crippen LogP contribution in [0.3, 0.4) is 0 Å². The van der Waals surface area contributed by atoms with Crippen molar-refractivity contribution in [1.29, 1.82) is 0 Å². The number of aliphatic hydroxyl groups excluding tert-OH is 1. The van der Waals surface area contributed by atoms with Crippen LogP contribution >= 0.6 is 0 Å². The van der Waals surface area contributed by atoms with Gasteiger partial charge in [0.1, 0.15) is 0 Å². The van der Waals surface area contributed by atoms with Crippen LogP contribution in [-0.4, -0.2) is 35.1 Å². The zero-order valence-corrected chi connectivity index (χ0v) is 12.1. The Morgan fingerprint density at radius 3 is 2.95 bits per heavy atom. The fourth-order valence-electron chi connectivity index (χ4n) is 3.77. The van der Waals surface area contributed by atoms with Gasteiger partial charge in [0.05, 0.1) is 18.6 Å². The summed E-state index contributed by atoms with van der Waals surface area (Å²) in [7, 11) is 0. The Labute approximate surface area is 120 Å². The highest BCUT2D eigenvalue weighted by atomic mass is 16.3. The average molecular weight is 273 g/mol. The molecule has 1 N–H and O–H groups in total. The van der Waals surface area contributed by atoms with Crippen LogP contribution in [0, 0.1) is 5.92 Å². The number of carbonyl (C=O) groups is 1. The third kappa shape index (κ3) is 2.24. The first-order valence-corrected chi connectivity index (χ1v) is 7.71. The summed E-state index contributed by atoms with van der Waals surface area (Å²) in [6, 6.07) is 8.34. The van der Waals surface area contributed by atoms with Gasteiger partial charge in [-0.25, -0.2) is 0 Å². The van der Waals surface area contributed by atoms with Crippen molar-refractivity contribution in [3.05, 3.63) is 35.4 Å². The lowest BCUT2D eigenvalue weighted by molar-refractivity contribution is -0.135. The van der Waals surface area contributed by atoms with E-state index in [0.717, 1.165) is 32.2 Å². The van der Waals surface area contributed by atoms with Gasteiger partial charge in [-0.2, -0.15) is 0 Å². The maximum atomic E-state index is 12.9. The van der Waals surface area contributed by atoms with E-state index in [0.29, 0.717) is 5.92 Å². The lowest BCUT2D eigenvalue weighted by Gasteiger charge is -2.32. The van der Waals surface area contributed by atoms with E-state index < -0.39 is 0 Å². The zero-order chi connectivity index (χ0) is 14.1. The highest BCUT2D eigenvalue weighted by Gasteiger charge is 2.38. The Bertz CT molecular complexity index is 500. The van der Waals surface area contributed by atoms with Gasteiger partial charge in [-0.15, -0.1) is 0 Å². The minimum Gasteiger partial charge on any atom is -0.394 e. The molecule has 3 atom stereocenters. The van der Waals surface area contributed by atoms with E-state index in [4.69, 9.17) is 0 Å². The number of carbonyl (C=O) groups excluding carboxylic acids is 1. The van der Waals surface area contributed by atoms with Gasteiger partial charge >= 0.3 is 0 Å². The fraction of sp³-hybridized carbons (Fsp3) is 0.588. The Morgan fingerprint density at radius 2 is 2.15 bits per heavy atom. The number of benzene rings is 1. The van der Waals surface area contributed by atoms with Gasteiger partial charge in [-0.3, -0.25) is 4.79 Å². The molecule has 0 spiro atoms. The second kappa shape index (κ2) is 5.57. The van der Waals surface area contributed by atoms with Crippen LogP contribution in [0.4, 0.5) is 0 Å². The molecule has 1 amide bonds. The molecule has 1 aromatic carbocycles. The summed E-state index contributed by atoms with van der Waals surface area (Å²) in [4.78, 5) is 14.8. The molecule has 0 radical (unpaired) electrons. The lowest BCUT2D eigenvalue weighted by atomic mass is 9.82. The molecule has 1 saturated heterocycles. The van der Waals surface area contributed by atoms with Gasteiger partial charge in [0.2, 0.25) is 5.91 Å². The molecular formula is C17H23NO2. The minimum atomic E-state index is -0.000648. The smallest absolute Gasteiger partial charge is 0.230 e. The van der Waals surface area contributed by atoms with Gasteiger partial charge in [0, 0.05) is 6.54 Å². The molecule has 0 aromatic heterocycles. The molecule has 1 heterocycles. The Hall–Kier alpha value is -1.35.